The SMILES string of the molecule is CCC(C)Nc1cc(C)c(N=Nc2nc3c(C(F)(F)F)cccc3s2)cc1C. The molecule has 0 saturated carbocycles. The van der Waals surface area contributed by atoms with Crippen molar-refractivity contribution in [2.75, 3.05) is 5.32 Å². The van der Waals surface area contributed by atoms with Crippen LogP contribution in [0.4, 0.5) is 29.7 Å². The van der Waals surface area contributed by atoms with Crippen LogP contribution in [0, 0.1) is 13.8 Å². The maximum Gasteiger partial charge on any atom is 0.418 e. The molecule has 0 aliphatic heterocycles. The lowest BCUT2D eigenvalue weighted by atomic mass is 10.1. The Kier molecular flexibility index (Phi) is 5.69. The standard InChI is InChI=1S/C20H21F3N4S/c1-5-13(4)24-15-9-12(3)16(10-11(15)2)26-27-19-25-18-14(20(21,22)23)7-6-8-17(18)28-19/h6-10,13,24H,5H2,1-4H3. The van der Waals surface area contributed by atoms with Crippen LogP contribution in [0.15, 0.2) is 40.6 Å². The number of nitrogens with zero attached hydrogens (tertiary/aromatic N) is 3. The topological polar surface area (TPSA) is 49.6 Å². The summed E-state index contributed by atoms with van der Waals surface area (Å²) < 4.78 is 39.8. The Morgan fingerprint density at radius 1 is 1.14 bits per heavy atom. The molecule has 0 aliphatic carbocycles. The molecule has 1 heterocycles. The average molecular weight is 406 g/mol. The summed E-state index contributed by atoms with van der Waals surface area (Å²) >= 11 is 1.09. The number of hydrogen-bond donors (Lipinski definition) is 1. The van der Waals surface area contributed by atoms with E-state index >= 15 is 0 Å². The fourth-order valence-electron chi connectivity index (χ4n) is 2.74. The summed E-state index contributed by atoms with van der Waals surface area (Å²) in [6.45, 7) is 8.14. The number of alkyl halides is 3. The first-order valence-electron chi connectivity index (χ1n) is 8.95. The highest BCUT2D eigenvalue weighted by atomic mass is 32.1. The number of para-hydroxylation sites is 1. The number of anilines is 1. The molecular formula is C20H21F3N4S. The summed E-state index contributed by atoms with van der Waals surface area (Å²) in [4.78, 5) is 4.04. The highest BCUT2D eigenvalue weighted by molar-refractivity contribution is 7.21. The third kappa shape index (κ3) is 4.32. The van der Waals surface area contributed by atoms with Gasteiger partial charge in [0.25, 0.3) is 0 Å². The van der Waals surface area contributed by atoms with Gasteiger partial charge in [0.1, 0.15) is 0 Å². The molecule has 0 radical (unpaired) electrons. The molecular weight excluding hydrogens is 385 g/mol. The van der Waals surface area contributed by atoms with Crippen LogP contribution in [0.3, 0.4) is 0 Å². The molecule has 2 aromatic carbocycles. The molecule has 0 fully saturated rings. The molecule has 3 rings (SSSR count). The molecule has 1 atom stereocenters. The number of fused-ring (bicyclic) bond motifs is 1. The van der Waals surface area contributed by atoms with Gasteiger partial charge < -0.3 is 5.32 Å². The smallest absolute Gasteiger partial charge is 0.382 e. The normalized spacial score (nSPS) is 13.4. The molecule has 1 aromatic heterocycles. The highest BCUT2D eigenvalue weighted by Gasteiger charge is 2.33. The zero-order valence-electron chi connectivity index (χ0n) is 16.1. The summed E-state index contributed by atoms with van der Waals surface area (Å²) in [7, 11) is 0. The van der Waals surface area contributed by atoms with E-state index in [4.69, 9.17) is 0 Å². The van der Waals surface area contributed by atoms with E-state index in [-0.39, 0.29) is 10.6 Å². The van der Waals surface area contributed by atoms with Gasteiger partial charge in [0.05, 0.1) is 21.5 Å². The van der Waals surface area contributed by atoms with Crippen LogP contribution in [0.25, 0.3) is 10.2 Å². The summed E-state index contributed by atoms with van der Waals surface area (Å²) in [6.07, 6.45) is -3.44. The van der Waals surface area contributed by atoms with E-state index < -0.39 is 11.7 Å². The maximum atomic E-state index is 13.1. The fraction of sp³-hybridized carbons (Fsp3) is 0.350. The quantitative estimate of drug-likeness (QED) is 0.445. The number of halogens is 3. The summed E-state index contributed by atoms with van der Waals surface area (Å²) in [5.41, 5.74) is 2.83. The summed E-state index contributed by atoms with van der Waals surface area (Å²) in [5, 5.41) is 12.0. The van der Waals surface area contributed by atoms with Crippen LogP contribution in [-0.2, 0) is 6.18 Å². The number of aryl methyl sites for hydroxylation is 2. The number of thiazole rings is 1. The number of azo groups is 1. The van der Waals surface area contributed by atoms with Gasteiger partial charge in [-0.3, -0.25) is 0 Å². The molecule has 0 bridgehead atoms. The van der Waals surface area contributed by atoms with E-state index in [1.165, 1.54) is 6.07 Å². The minimum Gasteiger partial charge on any atom is -0.382 e. The van der Waals surface area contributed by atoms with Gasteiger partial charge in [-0.05, 0) is 62.6 Å². The van der Waals surface area contributed by atoms with Gasteiger partial charge in [0, 0.05) is 11.7 Å². The van der Waals surface area contributed by atoms with Crippen molar-refractivity contribution in [3.63, 3.8) is 0 Å². The van der Waals surface area contributed by atoms with Gasteiger partial charge >= 0.3 is 6.18 Å². The van der Waals surface area contributed by atoms with Gasteiger partial charge in [0.15, 0.2) is 0 Å². The van der Waals surface area contributed by atoms with Crippen LogP contribution < -0.4 is 5.32 Å². The van der Waals surface area contributed by atoms with E-state index in [1.807, 2.05) is 26.0 Å². The van der Waals surface area contributed by atoms with Gasteiger partial charge in [-0.2, -0.15) is 13.2 Å². The number of rotatable bonds is 5. The molecule has 0 spiro atoms. The second-order valence-electron chi connectivity index (χ2n) is 6.75. The van der Waals surface area contributed by atoms with Gasteiger partial charge in [-0.1, -0.05) is 24.3 Å². The van der Waals surface area contributed by atoms with Crippen LogP contribution in [-0.4, -0.2) is 11.0 Å². The van der Waals surface area contributed by atoms with Crippen molar-refractivity contribution in [1.82, 2.24) is 4.98 Å². The maximum absolute atomic E-state index is 13.1. The summed E-state index contributed by atoms with van der Waals surface area (Å²) in [6, 6.07) is 8.29. The van der Waals surface area contributed by atoms with Crippen molar-refractivity contribution in [1.29, 1.82) is 0 Å². The molecule has 0 saturated heterocycles. The van der Waals surface area contributed by atoms with Crippen LogP contribution in [0.1, 0.15) is 37.0 Å². The molecule has 0 amide bonds. The predicted octanol–water partition coefficient (Wildman–Crippen LogP) is 7.56. The highest BCUT2D eigenvalue weighted by Crippen LogP contribution is 2.38. The average Bonchev–Trinajstić information content (AvgIpc) is 3.05. The summed E-state index contributed by atoms with van der Waals surface area (Å²) in [5.74, 6) is 0. The second-order valence-corrected chi connectivity index (χ2v) is 7.76. The monoisotopic (exact) mass is 406 g/mol. The molecule has 4 nitrogen and oxygen atoms in total. The minimum absolute atomic E-state index is 0.0880. The predicted molar refractivity (Wildman–Crippen MR) is 108 cm³/mol. The number of nitrogens with one attached hydrogen (secondary N) is 1. The van der Waals surface area contributed by atoms with Crippen molar-refractivity contribution in [3.8, 4) is 0 Å². The van der Waals surface area contributed by atoms with Crippen LogP contribution in [0.5, 0.6) is 0 Å². The van der Waals surface area contributed by atoms with Gasteiger partial charge in [-0.15, -0.1) is 10.2 Å². The number of benzene rings is 2. The Morgan fingerprint density at radius 3 is 2.57 bits per heavy atom. The Bertz CT molecular complexity index is 1020. The number of aromatic nitrogens is 1. The first-order chi connectivity index (χ1) is 13.2. The zero-order chi connectivity index (χ0) is 20.5. The molecule has 1 N–H and O–H groups in total. The van der Waals surface area contributed by atoms with Crippen molar-refractivity contribution >= 4 is 38.1 Å². The molecule has 28 heavy (non-hydrogen) atoms. The largest absolute Gasteiger partial charge is 0.418 e. The molecule has 8 heteroatoms. The van der Waals surface area contributed by atoms with Crippen molar-refractivity contribution in [3.05, 3.63) is 47.0 Å². The van der Waals surface area contributed by atoms with E-state index in [0.29, 0.717) is 16.4 Å². The molecule has 148 valence electrons. The molecule has 1 unspecified atom stereocenters. The van der Waals surface area contributed by atoms with E-state index in [1.54, 1.807) is 6.07 Å². The Morgan fingerprint density at radius 2 is 1.89 bits per heavy atom. The minimum atomic E-state index is -4.45. The van der Waals surface area contributed by atoms with E-state index in [2.05, 4.69) is 34.4 Å². The van der Waals surface area contributed by atoms with Crippen molar-refractivity contribution < 1.29 is 13.2 Å². The lowest BCUT2D eigenvalue weighted by molar-refractivity contribution is -0.136. The lowest BCUT2D eigenvalue weighted by Crippen LogP contribution is -2.14. The third-order valence-electron chi connectivity index (χ3n) is 4.51. The van der Waals surface area contributed by atoms with E-state index in [0.717, 1.165) is 40.6 Å². The van der Waals surface area contributed by atoms with Gasteiger partial charge in [0.2, 0.25) is 5.13 Å². The first kappa shape index (κ1) is 20.3. The van der Waals surface area contributed by atoms with Crippen LogP contribution in [0.2, 0.25) is 0 Å². The van der Waals surface area contributed by atoms with Crippen molar-refractivity contribution in [2.24, 2.45) is 10.2 Å². The fourth-order valence-corrected chi connectivity index (χ4v) is 3.55. The van der Waals surface area contributed by atoms with Crippen molar-refractivity contribution in [2.45, 2.75) is 46.3 Å². The zero-order valence-corrected chi connectivity index (χ0v) is 16.9. The van der Waals surface area contributed by atoms with Gasteiger partial charge in [-0.25, -0.2) is 4.98 Å². The Hall–Kier alpha value is -2.48. The Labute approximate surface area is 165 Å². The molecule has 0 aliphatic rings. The van der Waals surface area contributed by atoms with Crippen LogP contribution >= 0.6 is 11.3 Å². The third-order valence-corrected chi connectivity index (χ3v) is 5.42. The number of hydrogen-bond acceptors (Lipinski definition) is 5. The van der Waals surface area contributed by atoms with E-state index in [9.17, 15) is 13.2 Å². The first-order valence-corrected chi connectivity index (χ1v) is 9.77. The molecule has 3 aromatic rings. The lowest BCUT2D eigenvalue weighted by Gasteiger charge is -2.16. The Balaban J connectivity index is 1.91. The second kappa shape index (κ2) is 7.87.